The van der Waals surface area contributed by atoms with Crippen LogP contribution in [0.15, 0.2) is 0 Å². The summed E-state index contributed by atoms with van der Waals surface area (Å²) in [6.07, 6.45) is 1.83. The highest BCUT2D eigenvalue weighted by atomic mass is 16.7. The Morgan fingerprint density at radius 2 is 2.38 bits per heavy atom. The SMILES string of the molecule is CCC(C)C(N)C(=O)N1CCCO1. The second-order valence-electron chi connectivity index (χ2n) is 3.54. The van der Waals surface area contributed by atoms with Gasteiger partial charge in [0.2, 0.25) is 0 Å². The number of carbonyl (C=O) groups excluding carboxylic acids is 1. The van der Waals surface area contributed by atoms with Crippen LogP contribution < -0.4 is 5.73 Å². The summed E-state index contributed by atoms with van der Waals surface area (Å²) in [4.78, 5) is 16.8. The van der Waals surface area contributed by atoms with E-state index in [1.165, 1.54) is 5.06 Å². The van der Waals surface area contributed by atoms with Gasteiger partial charge < -0.3 is 5.73 Å². The first-order chi connectivity index (χ1) is 6.16. The van der Waals surface area contributed by atoms with Crippen molar-refractivity contribution in [1.29, 1.82) is 0 Å². The third kappa shape index (κ3) is 2.42. The summed E-state index contributed by atoms with van der Waals surface area (Å²) in [6, 6.07) is -0.414. The number of hydrogen-bond donors (Lipinski definition) is 1. The van der Waals surface area contributed by atoms with E-state index in [9.17, 15) is 4.79 Å². The Balaban J connectivity index is 2.45. The van der Waals surface area contributed by atoms with Gasteiger partial charge in [-0.25, -0.2) is 5.06 Å². The van der Waals surface area contributed by atoms with Gasteiger partial charge in [0.15, 0.2) is 0 Å². The van der Waals surface area contributed by atoms with Gasteiger partial charge in [0.25, 0.3) is 5.91 Å². The lowest BCUT2D eigenvalue weighted by Crippen LogP contribution is -2.45. The van der Waals surface area contributed by atoms with E-state index in [1.54, 1.807) is 0 Å². The number of nitrogens with two attached hydrogens (primary N) is 1. The van der Waals surface area contributed by atoms with Gasteiger partial charge in [0.1, 0.15) is 0 Å². The molecule has 1 fully saturated rings. The van der Waals surface area contributed by atoms with Crippen molar-refractivity contribution in [2.24, 2.45) is 11.7 Å². The average molecular weight is 186 g/mol. The van der Waals surface area contributed by atoms with E-state index >= 15 is 0 Å². The van der Waals surface area contributed by atoms with Gasteiger partial charge >= 0.3 is 0 Å². The molecule has 0 saturated carbocycles. The van der Waals surface area contributed by atoms with Crippen LogP contribution in [0.25, 0.3) is 0 Å². The van der Waals surface area contributed by atoms with Crippen molar-refractivity contribution in [2.75, 3.05) is 13.2 Å². The molecule has 1 saturated heterocycles. The Hall–Kier alpha value is -0.610. The third-order valence-corrected chi connectivity index (χ3v) is 2.54. The molecule has 0 bridgehead atoms. The second-order valence-corrected chi connectivity index (χ2v) is 3.54. The van der Waals surface area contributed by atoms with Gasteiger partial charge in [0, 0.05) is 0 Å². The molecule has 1 rings (SSSR count). The van der Waals surface area contributed by atoms with Crippen LogP contribution in [0.2, 0.25) is 0 Å². The predicted molar refractivity (Wildman–Crippen MR) is 49.7 cm³/mol. The van der Waals surface area contributed by atoms with Gasteiger partial charge in [-0.2, -0.15) is 0 Å². The number of rotatable bonds is 3. The normalized spacial score (nSPS) is 21.6. The standard InChI is InChI=1S/C9H18N2O2/c1-3-7(2)8(10)9(12)11-5-4-6-13-11/h7-8H,3-6,10H2,1-2H3. The van der Waals surface area contributed by atoms with Crippen molar-refractivity contribution in [3.05, 3.63) is 0 Å². The van der Waals surface area contributed by atoms with Crippen molar-refractivity contribution in [3.8, 4) is 0 Å². The van der Waals surface area contributed by atoms with Gasteiger partial charge in [-0.15, -0.1) is 0 Å². The number of hydrogen-bond acceptors (Lipinski definition) is 3. The van der Waals surface area contributed by atoms with E-state index in [0.717, 1.165) is 12.8 Å². The smallest absolute Gasteiger partial charge is 0.263 e. The molecule has 1 aliphatic rings. The lowest BCUT2D eigenvalue weighted by Gasteiger charge is -2.22. The minimum absolute atomic E-state index is 0.0770. The monoisotopic (exact) mass is 186 g/mol. The molecule has 0 radical (unpaired) electrons. The molecular weight excluding hydrogens is 168 g/mol. The Bertz CT molecular complexity index is 178. The summed E-state index contributed by atoms with van der Waals surface area (Å²) in [5, 5.41) is 1.40. The van der Waals surface area contributed by atoms with Crippen molar-refractivity contribution in [3.63, 3.8) is 0 Å². The van der Waals surface area contributed by atoms with Crippen LogP contribution in [0.1, 0.15) is 26.7 Å². The van der Waals surface area contributed by atoms with Crippen LogP contribution in [-0.2, 0) is 9.63 Å². The van der Waals surface area contributed by atoms with E-state index in [2.05, 4.69) is 0 Å². The minimum Gasteiger partial charge on any atom is -0.320 e. The first-order valence-corrected chi connectivity index (χ1v) is 4.86. The van der Waals surface area contributed by atoms with E-state index in [-0.39, 0.29) is 11.8 Å². The molecule has 1 amide bonds. The van der Waals surface area contributed by atoms with Gasteiger partial charge in [-0.05, 0) is 12.3 Å². The summed E-state index contributed by atoms with van der Waals surface area (Å²) < 4.78 is 0. The Morgan fingerprint density at radius 3 is 2.85 bits per heavy atom. The van der Waals surface area contributed by atoms with E-state index in [4.69, 9.17) is 10.6 Å². The molecule has 1 aliphatic heterocycles. The minimum atomic E-state index is -0.414. The van der Waals surface area contributed by atoms with Crippen LogP contribution in [0, 0.1) is 5.92 Å². The maximum atomic E-state index is 11.6. The molecule has 2 atom stereocenters. The maximum absolute atomic E-state index is 11.6. The molecule has 0 aliphatic carbocycles. The first kappa shape index (κ1) is 10.5. The molecule has 76 valence electrons. The molecule has 1 heterocycles. The molecule has 0 aromatic heterocycles. The zero-order chi connectivity index (χ0) is 9.84. The average Bonchev–Trinajstić information content (AvgIpc) is 2.67. The summed E-state index contributed by atoms with van der Waals surface area (Å²) in [7, 11) is 0. The van der Waals surface area contributed by atoms with Gasteiger partial charge in [-0.3, -0.25) is 9.63 Å². The number of nitrogens with zero attached hydrogens (tertiary/aromatic N) is 1. The second kappa shape index (κ2) is 4.58. The quantitative estimate of drug-likeness (QED) is 0.699. The summed E-state index contributed by atoms with van der Waals surface area (Å²) in [6.45, 7) is 5.34. The van der Waals surface area contributed by atoms with Crippen LogP contribution in [-0.4, -0.2) is 30.2 Å². The third-order valence-electron chi connectivity index (χ3n) is 2.54. The first-order valence-electron chi connectivity index (χ1n) is 4.86. The Morgan fingerprint density at radius 1 is 1.69 bits per heavy atom. The van der Waals surface area contributed by atoms with E-state index in [0.29, 0.717) is 13.2 Å². The van der Waals surface area contributed by atoms with E-state index < -0.39 is 6.04 Å². The molecular formula is C9H18N2O2. The number of amides is 1. The Kier molecular flexibility index (Phi) is 3.69. The lowest BCUT2D eigenvalue weighted by atomic mass is 9.99. The highest BCUT2D eigenvalue weighted by Crippen LogP contribution is 2.12. The van der Waals surface area contributed by atoms with Crippen LogP contribution in [0.5, 0.6) is 0 Å². The molecule has 4 nitrogen and oxygen atoms in total. The van der Waals surface area contributed by atoms with Gasteiger partial charge in [0.05, 0.1) is 19.2 Å². The summed E-state index contributed by atoms with van der Waals surface area (Å²) in [5.41, 5.74) is 5.78. The van der Waals surface area contributed by atoms with Crippen molar-refractivity contribution < 1.29 is 9.63 Å². The molecule has 0 aromatic rings. The molecule has 0 aromatic carbocycles. The van der Waals surface area contributed by atoms with Crippen LogP contribution in [0.4, 0.5) is 0 Å². The van der Waals surface area contributed by atoms with Crippen molar-refractivity contribution in [2.45, 2.75) is 32.7 Å². The van der Waals surface area contributed by atoms with Crippen LogP contribution in [0.3, 0.4) is 0 Å². The zero-order valence-corrected chi connectivity index (χ0v) is 8.32. The maximum Gasteiger partial charge on any atom is 0.263 e. The predicted octanol–water partition coefficient (Wildman–Crippen LogP) is 0.524. The topological polar surface area (TPSA) is 55.6 Å². The summed E-state index contributed by atoms with van der Waals surface area (Å²) >= 11 is 0. The van der Waals surface area contributed by atoms with Crippen LogP contribution >= 0.6 is 0 Å². The molecule has 0 spiro atoms. The van der Waals surface area contributed by atoms with Crippen molar-refractivity contribution >= 4 is 5.91 Å². The highest BCUT2D eigenvalue weighted by Gasteiger charge is 2.27. The Labute approximate surface area is 79.0 Å². The lowest BCUT2D eigenvalue weighted by molar-refractivity contribution is -0.171. The summed E-state index contributed by atoms with van der Waals surface area (Å²) in [5.74, 6) is 0.142. The number of hydroxylamine groups is 2. The van der Waals surface area contributed by atoms with Gasteiger partial charge in [-0.1, -0.05) is 20.3 Å². The molecule has 4 heteroatoms. The fraction of sp³-hybridized carbons (Fsp3) is 0.889. The highest BCUT2D eigenvalue weighted by molar-refractivity contribution is 5.81. The zero-order valence-electron chi connectivity index (χ0n) is 8.32. The molecule has 2 unspecified atom stereocenters. The number of carbonyl (C=O) groups is 1. The molecule has 2 N–H and O–H groups in total. The molecule has 13 heavy (non-hydrogen) atoms. The largest absolute Gasteiger partial charge is 0.320 e. The fourth-order valence-corrected chi connectivity index (χ4v) is 1.28. The van der Waals surface area contributed by atoms with Crippen molar-refractivity contribution in [1.82, 2.24) is 5.06 Å². The van der Waals surface area contributed by atoms with E-state index in [1.807, 2.05) is 13.8 Å². The fourth-order valence-electron chi connectivity index (χ4n) is 1.28.